The maximum atomic E-state index is 14.2. The monoisotopic (exact) mass is 521 g/mol. The van der Waals surface area contributed by atoms with E-state index in [1.54, 1.807) is 11.4 Å². The standard InChI is InChI=1S/C21H15F4N7O5/c1-20(34,21(23,24)25)19(33)28-18-16(32(35)36)9-26-17(27-18)14-8-15(13-6-7-37-30-13)31(29-14)10-11-4-2-3-5-12(11)22/h2-9,34H,10H2,1H3,(H,26,27,28,33). The second-order valence-electron chi connectivity index (χ2n) is 7.76. The summed E-state index contributed by atoms with van der Waals surface area (Å²) in [6, 6.07) is 8.76. The number of alkyl halides is 3. The number of benzene rings is 1. The zero-order chi connectivity index (χ0) is 27.0. The molecular formula is C21H15F4N7O5. The molecule has 0 aliphatic carbocycles. The molecule has 1 atom stereocenters. The second-order valence-corrected chi connectivity index (χ2v) is 7.76. The van der Waals surface area contributed by atoms with Crippen molar-refractivity contribution in [3.05, 3.63) is 70.4 Å². The van der Waals surface area contributed by atoms with Gasteiger partial charge in [-0.05, 0) is 19.1 Å². The predicted octanol–water partition coefficient (Wildman–Crippen LogP) is 3.34. The summed E-state index contributed by atoms with van der Waals surface area (Å²) in [5.74, 6) is -3.75. The van der Waals surface area contributed by atoms with Crippen LogP contribution in [-0.4, -0.2) is 52.6 Å². The van der Waals surface area contributed by atoms with Gasteiger partial charge in [-0.15, -0.1) is 0 Å². The Kier molecular flexibility index (Phi) is 6.43. The van der Waals surface area contributed by atoms with Crippen molar-refractivity contribution in [1.29, 1.82) is 0 Å². The van der Waals surface area contributed by atoms with Gasteiger partial charge in [0.15, 0.2) is 5.82 Å². The van der Waals surface area contributed by atoms with Crippen LogP contribution >= 0.6 is 0 Å². The van der Waals surface area contributed by atoms with Crippen molar-refractivity contribution in [2.75, 3.05) is 5.32 Å². The highest BCUT2D eigenvalue weighted by Crippen LogP contribution is 2.33. The highest BCUT2D eigenvalue weighted by atomic mass is 19.4. The molecule has 0 aliphatic heterocycles. The highest BCUT2D eigenvalue weighted by Gasteiger charge is 2.56. The lowest BCUT2D eigenvalue weighted by molar-refractivity contribution is -0.384. The third-order valence-corrected chi connectivity index (χ3v) is 5.18. The van der Waals surface area contributed by atoms with E-state index in [1.807, 2.05) is 0 Å². The number of nitrogens with one attached hydrogen (secondary N) is 1. The number of hydrogen-bond acceptors (Lipinski definition) is 9. The zero-order valence-corrected chi connectivity index (χ0v) is 18.6. The Labute approximate surface area is 203 Å². The van der Waals surface area contributed by atoms with Crippen molar-refractivity contribution in [3.8, 4) is 22.9 Å². The molecule has 1 unspecified atom stereocenters. The van der Waals surface area contributed by atoms with Crippen molar-refractivity contribution in [3.63, 3.8) is 0 Å². The second kappa shape index (κ2) is 9.38. The van der Waals surface area contributed by atoms with E-state index < -0.39 is 39.9 Å². The van der Waals surface area contributed by atoms with Crippen molar-refractivity contribution < 1.29 is 36.9 Å². The first kappa shape index (κ1) is 25.4. The number of halogens is 4. The van der Waals surface area contributed by atoms with E-state index >= 15 is 0 Å². The number of carbonyl (C=O) groups is 1. The molecule has 0 fully saturated rings. The summed E-state index contributed by atoms with van der Waals surface area (Å²) in [7, 11) is 0. The minimum absolute atomic E-state index is 0.0395. The van der Waals surface area contributed by atoms with Crippen LogP contribution < -0.4 is 5.32 Å². The molecule has 37 heavy (non-hydrogen) atoms. The number of amides is 1. The SMILES string of the molecule is CC(O)(C(=O)Nc1nc(-c2cc(-c3ccon3)n(Cc3ccccc3F)n2)ncc1[N+](=O)[O-])C(F)(F)F. The third-order valence-electron chi connectivity index (χ3n) is 5.18. The van der Waals surface area contributed by atoms with E-state index in [0.717, 1.165) is 0 Å². The Morgan fingerprint density at radius 2 is 1.97 bits per heavy atom. The number of carbonyl (C=O) groups excluding carboxylic acids is 1. The van der Waals surface area contributed by atoms with Gasteiger partial charge in [-0.1, -0.05) is 23.4 Å². The average molecular weight is 521 g/mol. The largest absolute Gasteiger partial charge is 0.426 e. The summed E-state index contributed by atoms with van der Waals surface area (Å²) < 4.78 is 59.6. The molecule has 0 aliphatic rings. The van der Waals surface area contributed by atoms with Gasteiger partial charge >= 0.3 is 11.9 Å². The Hall–Kier alpha value is -4.73. The molecule has 2 N–H and O–H groups in total. The molecule has 0 saturated heterocycles. The fourth-order valence-corrected chi connectivity index (χ4v) is 3.07. The van der Waals surface area contributed by atoms with Crippen LogP contribution in [0, 0.1) is 15.9 Å². The van der Waals surface area contributed by atoms with E-state index in [2.05, 4.69) is 20.2 Å². The minimum atomic E-state index is -5.38. The molecule has 0 bridgehead atoms. The average Bonchev–Trinajstić information content (AvgIpc) is 3.49. The van der Waals surface area contributed by atoms with Crippen LogP contribution in [0.5, 0.6) is 0 Å². The van der Waals surface area contributed by atoms with Gasteiger partial charge in [0.1, 0.15) is 29.7 Å². The van der Waals surface area contributed by atoms with Crippen molar-refractivity contribution in [1.82, 2.24) is 24.9 Å². The van der Waals surface area contributed by atoms with Crippen LogP contribution in [0.15, 0.2) is 53.4 Å². The fourth-order valence-electron chi connectivity index (χ4n) is 3.07. The van der Waals surface area contributed by atoms with Crippen LogP contribution in [0.3, 0.4) is 0 Å². The smallest absolute Gasteiger partial charge is 0.373 e. The Morgan fingerprint density at radius 3 is 2.59 bits per heavy atom. The molecule has 4 aromatic rings. The first-order chi connectivity index (χ1) is 17.4. The molecule has 0 saturated carbocycles. The Balaban J connectivity index is 1.77. The number of rotatable bonds is 7. The molecule has 0 spiro atoms. The molecule has 0 radical (unpaired) electrons. The van der Waals surface area contributed by atoms with Crippen molar-refractivity contribution >= 4 is 17.4 Å². The van der Waals surface area contributed by atoms with Crippen molar-refractivity contribution in [2.24, 2.45) is 0 Å². The van der Waals surface area contributed by atoms with E-state index in [0.29, 0.717) is 11.9 Å². The minimum Gasteiger partial charge on any atom is -0.373 e. The summed E-state index contributed by atoms with van der Waals surface area (Å²) in [6.45, 7) is 0.102. The van der Waals surface area contributed by atoms with Crippen LogP contribution in [0.25, 0.3) is 22.9 Å². The number of aromatic nitrogens is 5. The van der Waals surface area contributed by atoms with E-state index in [1.165, 1.54) is 41.3 Å². The van der Waals surface area contributed by atoms with E-state index in [9.17, 15) is 37.6 Å². The van der Waals surface area contributed by atoms with Crippen LogP contribution in [-0.2, 0) is 11.3 Å². The molecule has 3 heterocycles. The maximum absolute atomic E-state index is 14.2. The van der Waals surface area contributed by atoms with Gasteiger partial charge < -0.3 is 14.9 Å². The molecule has 12 nitrogen and oxygen atoms in total. The molecule has 1 aromatic carbocycles. The normalized spacial score (nSPS) is 13.2. The van der Waals surface area contributed by atoms with Gasteiger partial charge in [0, 0.05) is 11.6 Å². The van der Waals surface area contributed by atoms with Crippen LogP contribution in [0.2, 0.25) is 0 Å². The highest BCUT2D eigenvalue weighted by molar-refractivity contribution is 5.98. The summed E-state index contributed by atoms with van der Waals surface area (Å²) in [6.07, 6.45) is -3.44. The fraction of sp³-hybridized carbons (Fsp3) is 0.190. The van der Waals surface area contributed by atoms with Gasteiger partial charge in [-0.3, -0.25) is 19.6 Å². The summed E-state index contributed by atoms with van der Waals surface area (Å²) in [5, 5.41) is 30.7. The van der Waals surface area contributed by atoms with Gasteiger partial charge in [0.2, 0.25) is 11.4 Å². The topological polar surface area (TPSA) is 162 Å². The lowest BCUT2D eigenvalue weighted by atomic mass is 10.1. The molecule has 192 valence electrons. The molecule has 3 aromatic heterocycles. The lowest BCUT2D eigenvalue weighted by Crippen LogP contribution is -2.52. The van der Waals surface area contributed by atoms with Crippen molar-refractivity contribution in [2.45, 2.75) is 25.2 Å². The number of aliphatic hydroxyl groups is 1. The van der Waals surface area contributed by atoms with E-state index in [-0.39, 0.29) is 36.2 Å². The molecule has 16 heteroatoms. The first-order valence-corrected chi connectivity index (χ1v) is 10.2. The first-order valence-electron chi connectivity index (χ1n) is 10.2. The number of hydrogen-bond donors (Lipinski definition) is 2. The molecule has 1 amide bonds. The van der Waals surface area contributed by atoms with Crippen LogP contribution in [0.1, 0.15) is 12.5 Å². The summed E-state index contributed by atoms with van der Waals surface area (Å²) in [4.78, 5) is 30.1. The Morgan fingerprint density at radius 1 is 1.24 bits per heavy atom. The lowest BCUT2D eigenvalue weighted by Gasteiger charge is -2.24. The van der Waals surface area contributed by atoms with Gasteiger partial charge in [-0.2, -0.15) is 18.3 Å². The predicted molar refractivity (Wildman–Crippen MR) is 116 cm³/mol. The quantitative estimate of drug-likeness (QED) is 0.211. The van der Waals surface area contributed by atoms with Crippen LogP contribution in [0.4, 0.5) is 29.1 Å². The molecular weight excluding hydrogens is 506 g/mol. The Bertz CT molecular complexity index is 1470. The van der Waals surface area contributed by atoms with Gasteiger partial charge in [0.05, 0.1) is 17.2 Å². The number of anilines is 1. The summed E-state index contributed by atoms with van der Waals surface area (Å²) >= 11 is 0. The number of nitrogens with zero attached hydrogens (tertiary/aromatic N) is 6. The van der Waals surface area contributed by atoms with Gasteiger partial charge in [-0.25, -0.2) is 14.4 Å². The molecule has 4 rings (SSSR count). The summed E-state index contributed by atoms with van der Waals surface area (Å²) in [5.41, 5.74) is -3.99. The van der Waals surface area contributed by atoms with E-state index in [4.69, 9.17) is 4.52 Å². The number of nitro groups is 1. The zero-order valence-electron chi connectivity index (χ0n) is 18.6. The maximum Gasteiger partial charge on any atom is 0.426 e. The van der Waals surface area contributed by atoms with Gasteiger partial charge in [0.25, 0.3) is 5.91 Å². The third kappa shape index (κ3) is 4.99.